The normalized spacial score (nSPS) is 10.5. The third-order valence-corrected chi connectivity index (χ3v) is 4.91. The largest absolute Gasteiger partial charge is 0.481 e. The number of benzene rings is 2. The number of carbonyl (C=O) groups excluding carboxylic acids is 2. The lowest BCUT2D eigenvalue weighted by molar-refractivity contribution is -0.136. The van der Waals surface area contributed by atoms with Gasteiger partial charge in [0.1, 0.15) is 23.5 Å². The summed E-state index contributed by atoms with van der Waals surface area (Å²) < 4.78 is 13.6. The van der Waals surface area contributed by atoms with Gasteiger partial charge in [-0.25, -0.2) is 14.4 Å². The van der Waals surface area contributed by atoms with E-state index in [1.807, 2.05) is 6.92 Å². The van der Waals surface area contributed by atoms with Gasteiger partial charge in [-0.15, -0.1) is 0 Å². The van der Waals surface area contributed by atoms with Gasteiger partial charge in [0.05, 0.1) is 6.42 Å². The third kappa shape index (κ3) is 6.67. The molecular formula is C24H23FN4O4. The Morgan fingerprint density at radius 1 is 0.848 bits per heavy atom. The maximum Gasteiger partial charge on any atom is 0.307 e. The smallest absolute Gasteiger partial charge is 0.307 e. The van der Waals surface area contributed by atoms with Crippen LogP contribution in [0.15, 0.2) is 54.9 Å². The van der Waals surface area contributed by atoms with Crippen molar-refractivity contribution < 1.29 is 23.9 Å². The second kappa shape index (κ2) is 10.9. The van der Waals surface area contributed by atoms with Gasteiger partial charge in [0.2, 0.25) is 0 Å². The molecule has 0 atom stereocenters. The van der Waals surface area contributed by atoms with Crippen LogP contribution in [0.5, 0.6) is 0 Å². The molecule has 0 saturated heterocycles. The number of nitrogens with one attached hydrogen (secondary N) is 2. The van der Waals surface area contributed by atoms with Crippen molar-refractivity contribution in [1.82, 2.24) is 20.6 Å². The van der Waals surface area contributed by atoms with Gasteiger partial charge in [0.15, 0.2) is 0 Å². The molecule has 170 valence electrons. The molecule has 33 heavy (non-hydrogen) atoms. The Morgan fingerprint density at radius 3 is 1.97 bits per heavy atom. The Balaban J connectivity index is 1.57. The van der Waals surface area contributed by atoms with Gasteiger partial charge in [0.25, 0.3) is 11.8 Å². The predicted octanol–water partition coefficient (Wildman–Crippen LogP) is 2.67. The van der Waals surface area contributed by atoms with Crippen molar-refractivity contribution in [1.29, 1.82) is 0 Å². The molecule has 0 aliphatic rings. The molecule has 0 radical (unpaired) electrons. The summed E-state index contributed by atoms with van der Waals surface area (Å²) in [5.74, 6) is -2.16. The number of carbonyl (C=O) groups is 3. The number of hydrogen-bond donors (Lipinski definition) is 3. The standard InChI is InChI=1S/C24H23FN4O4/c1-2-18-9-17(7-8-19(18)25)13-27-24(33)21-11-20(28-14-29-21)23(32)26-12-16-5-3-15(4-6-16)10-22(30)31/h3-9,11,14H,2,10,12-13H2,1H3,(H,26,32)(H,27,33)(H,30,31). The number of aliphatic carboxylic acids is 1. The number of carboxylic acids is 1. The summed E-state index contributed by atoms with van der Waals surface area (Å²) in [6.45, 7) is 2.25. The van der Waals surface area contributed by atoms with Crippen molar-refractivity contribution in [3.8, 4) is 0 Å². The minimum Gasteiger partial charge on any atom is -0.481 e. The molecule has 0 unspecified atom stereocenters. The van der Waals surface area contributed by atoms with Crippen LogP contribution in [0.2, 0.25) is 0 Å². The molecule has 1 aromatic heterocycles. The number of nitrogens with zero attached hydrogens (tertiary/aromatic N) is 2. The van der Waals surface area contributed by atoms with Gasteiger partial charge in [-0.05, 0) is 34.7 Å². The summed E-state index contributed by atoms with van der Waals surface area (Å²) in [6, 6.07) is 12.8. The van der Waals surface area contributed by atoms with Crippen LogP contribution in [0.4, 0.5) is 4.39 Å². The van der Waals surface area contributed by atoms with E-state index < -0.39 is 17.8 Å². The van der Waals surface area contributed by atoms with Gasteiger partial charge in [0, 0.05) is 19.2 Å². The Kier molecular flexibility index (Phi) is 7.80. The van der Waals surface area contributed by atoms with Crippen molar-refractivity contribution in [2.75, 3.05) is 0 Å². The van der Waals surface area contributed by atoms with Crippen molar-refractivity contribution in [2.45, 2.75) is 32.9 Å². The van der Waals surface area contributed by atoms with Crippen molar-refractivity contribution in [3.63, 3.8) is 0 Å². The summed E-state index contributed by atoms with van der Waals surface area (Å²) in [6.07, 6.45) is 1.61. The first-order valence-electron chi connectivity index (χ1n) is 10.3. The lowest BCUT2D eigenvalue weighted by atomic mass is 10.1. The lowest BCUT2D eigenvalue weighted by Crippen LogP contribution is -2.27. The zero-order valence-corrected chi connectivity index (χ0v) is 18.0. The zero-order valence-electron chi connectivity index (χ0n) is 18.0. The minimum absolute atomic E-state index is 0.0333. The fraction of sp³-hybridized carbons (Fsp3) is 0.208. The van der Waals surface area contributed by atoms with Crippen LogP contribution in [0.1, 0.15) is 50.2 Å². The number of aryl methyl sites for hydroxylation is 1. The van der Waals surface area contributed by atoms with Gasteiger partial charge in [-0.3, -0.25) is 14.4 Å². The highest BCUT2D eigenvalue weighted by Gasteiger charge is 2.13. The van der Waals surface area contributed by atoms with Gasteiger partial charge in [-0.2, -0.15) is 0 Å². The highest BCUT2D eigenvalue weighted by atomic mass is 19.1. The molecule has 0 aliphatic heterocycles. The SMILES string of the molecule is CCc1cc(CNC(=O)c2cc(C(=O)NCc3ccc(CC(=O)O)cc3)ncn2)ccc1F. The molecule has 0 aliphatic carbocycles. The van der Waals surface area contributed by atoms with Crippen LogP contribution in [0, 0.1) is 5.82 Å². The second-order valence-electron chi connectivity index (χ2n) is 7.32. The molecule has 0 bridgehead atoms. The van der Waals surface area contributed by atoms with Crippen molar-refractivity contribution >= 4 is 17.8 Å². The molecule has 2 amide bonds. The van der Waals surface area contributed by atoms with Crippen LogP contribution in [-0.2, 0) is 30.7 Å². The van der Waals surface area contributed by atoms with Crippen LogP contribution >= 0.6 is 0 Å². The van der Waals surface area contributed by atoms with Crippen molar-refractivity contribution in [2.24, 2.45) is 0 Å². The summed E-state index contributed by atoms with van der Waals surface area (Å²) in [4.78, 5) is 43.5. The first-order chi connectivity index (χ1) is 15.9. The quantitative estimate of drug-likeness (QED) is 0.461. The van der Waals surface area contributed by atoms with E-state index in [0.717, 1.165) is 17.5 Å². The van der Waals surface area contributed by atoms with Gasteiger partial charge < -0.3 is 15.7 Å². The van der Waals surface area contributed by atoms with E-state index in [2.05, 4.69) is 20.6 Å². The molecule has 2 aromatic carbocycles. The molecule has 0 spiro atoms. The minimum atomic E-state index is -0.914. The fourth-order valence-electron chi connectivity index (χ4n) is 3.11. The summed E-state index contributed by atoms with van der Waals surface area (Å²) in [5.41, 5.74) is 2.84. The predicted molar refractivity (Wildman–Crippen MR) is 118 cm³/mol. The Labute approximate surface area is 189 Å². The fourth-order valence-corrected chi connectivity index (χ4v) is 3.11. The molecule has 3 aromatic rings. The first-order valence-corrected chi connectivity index (χ1v) is 10.3. The van der Waals surface area contributed by atoms with Crippen LogP contribution in [-0.4, -0.2) is 32.9 Å². The van der Waals surface area contributed by atoms with E-state index >= 15 is 0 Å². The molecule has 3 N–H and O–H groups in total. The summed E-state index contributed by atoms with van der Waals surface area (Å²) in [7, 11) is 0. The molecular weight excluding hydrogens is 427 g/mol. The highest BCUT2D eigenvalue weighted by molar-refractivity contribution is 5.97. The number of carboxylic acid groups (broad SMARTS) is 1. The van der Waals surface area contributed by atoms with E-state index in [0.29, 0.717) is 17.5 Å². The Hall–Kier alpha value is -4.14. The van der Waals surface area contributed by atoms with E-state index in [-0.39, 0.29) is 36.7 Å². The number of rotatable bonds is 9. The number of aromatic nitrogens is 2. The van der Waals surface area contributed by atoms with E-state index in [1.165, 1.54) is 12.1 Å². The van der Waals surface area contributed by atoms with Crippen LogP contribution in [0.3, 0.4) is 0 Å². The first kappa shape index (κ1) is 23.5. The third-order valence-electron chi connectivity index (χ3n) is 4.91. The maximum absolute atomic E-state index is 13.6. The lowest BCUT2D eigenvalue weighted by Gasteiger charge is -2.08. The zero-order chi connectivity index (χ0) is 23.8. The van der Waals surface area contributed by atoms with E-state index in [1.54, 1.807) is 36.4 Å². The van der Waals surface area contributed by atoms with Gasteiger partial charge in [-0.1, -0.05) is 43.3 Å². The molecule has 8 nitrogen and oxygen atoms in total. The number of hydrogen-bond acceptors (Lipinski definition) is 5. The second-order valence-corrected chi connectivity index (χ2v) is 7.32. The van der Waals surface area contributed by atoms with E-state index in [9.17, 15) is 18.8 Å². The molecule has 1 heterocycles. The van der Waals surface area contributed by atoms with E-state index in [4.69, 9.17) is 5.11 Å². The van der Waals surface area contributed by atoms with Gasteiger partial charge >= 0.3 is 5.97 Å². The highest BCUT2D eigenvalue weighted by Crippen LogP contribution is 2.11. The Bertz CT molecular complexity index is 1170. The summed E-state index contributed by atoms with van der Waals surface area (Å²) >= 11 is 0. The maximum atomic E-state index is 13.6. The molecule has 0 saturated carbocycles. The van der Waals surface area contributed by atoms with Crippen LogP contribution < -0.4 is 10.6 Å². The van der Waals surface area contributed by atoms with Crippen molar-refractivity contribution in [3.05, 3.63) is 94.3 Å². The molecule has 9 heteroatoms. The Morgan fingerprint density at radius 2 is 1.39 bits per heavy atom. The average molecular weight is 450 g/mol. The number of amides is 2. The van der Waals surface area contributed by atoms with Crippen LogP contribution in [0.25, 0.3) is 0 Å². The average Bonchev–Trinajstić information content (AvgIpc) is 2.82. The monoisotopic (exact) mass is 450 g/mol. The summed E-state index contributed by atoms with van der Waals surface area (Å²) in [5, 5.41) is 14.2. The molecule has 0 fully saturated rings. The molecule has 3 rings (SSSR count). The topological polar surface area (TPSA) is 121 Å². The number of halogens is 1.